The fraction of sp³-hybridized carbons (Fsp3) is 0.776. The molecule has 0 radical (unpaired) electrons. The molecule has 0 spiro atoms. The molecule has 7 rings (SSSR count). The number of carboxylic acid groups (broad SMARTS) is 1. The van der Waals surface area contributed by atoms with Crippen LogP contribution in [-0.2, 0) is 23.9 Å². The van der Waals surface area contributed by atoms with Gasteiger partial charge in [0.05, 0.1) is 22.9 Å². The number of carboxylic acids is 1. The molecular weight excluding hydrogens is 757 g/mol. The topological polar surface area (TPSA) is 165 Å². The summed E-state index contributed by atoms with van der Waals surface area (Å²) in [5.41, 5.74) is 0.184. The Morgan fingerprint density at radius 1 is 0.867 bits per heavy atom. The van der Waals surface area contributed by atoms with E-state index in [1.54, 1.807) is 0 Å². The first kappa shape index (κ1) is 44.4. The highest BCUT2D eigenvalue weighted by atomic mass is 16.5. The van der Waals surface area contributed by atoms with E-state index in [0.29, 0.717) is 24.3 Å². The number of fused-ring (bicyclic) bond motifs is 7. The molecule has 11 nitrogen and oxygen atoms in total. The van der Waals surface area contributed by atoms with Crippen LogP contribution in [0.25, 0.3) is 0 Å². The number of aromatic nitrogens is 2. The zero-order chi connectivity index (χ0) is 44.2. The molecule has 11 heteroatoms. The Kier molecular flexibility index (Phi) is 10.7. The predicted molar refractivity (Wildman–Crippen MR) is 228 cm³/mol. The molecule has 5 saturated carbocycles. The van der Waals surface area contributed by atoms with Crippen molar-refractivity contribution in [3.05, 3.63) is 35.4 Å². The number of rotatable bonds is 10. The maximum Gasteiger partial charge on any atom is 0.309 e. The number of nitrogens with zero attached hydrogens (tertiary/aromatic N) is 2. The molecular formula is C49H72N4O7. The summed E-state index contributed by atoms with van der Waals surface area (Å²) >= 11 is 0. The van der Waals surface area contributed by atoms with E-state index in [4.69, 9.17) is 4.74 Å². The molecule has 6 aliphatic carbocycles. The standard InChI is InChI=1S/C49H72N4O7/c1-28(2)37-33(54)22-49(23-36(55)52-26-42(3,4)53-39(56)29-24-50-27-51-25-29)20-18-45(9)30(38(37)49)13-14-34-46(45,10)17-19-48(12)44(7,8)35(15-16-47(34,48)11)60-41(59)32-21-31(40(57)58)43(32,5)6/h24-25,27-28,30-32,34-35H,13-23,26H2,1-12H3,(H,52,55)(H,53,56)(H,57,58)/t30?,31-,32+,34-,35-,45+,46?,47?,48-,49?/m0/s1. The number of hydrogen-bond acceptors (Lipinski definition) is 8. The smallest absolute Gasteiger partial charge is 0.309 e. The maximum absolute atomic E-state index is 14.2. The Hall–Kier alpha value is -3.63. The lowest BCUT2D eigenvalue weighted by atomic mass is 9.29. The molecule has 4 unspecified atom stereocenters. The van der Waals surface area contributed by atoms with Crippen LogP contribution in [0, 0.1) is 67.5 Å². The fourth-order valence-electron chi connectivity index (χ4n) is 14.8. The molecule has 10 atom stereocenters. The third kappa shape index (κ3) is 6.42. The summed E-state index contributed by atoms with van der Waals surface area (Å²) in [6.07, 6.45) is 12.6. The third-order valence-electron chi connectivity index (χ3n) is 19.2. The van der Waals surface area contributed by atoms with Crippen molar-refractivity contribution in [2.75, 3.05) is 6.54 Å². The zero-order valence-electron chi connectivity index (χ0n) is 38.5. The van der Waals surface area contributed by atoms with E-state index in [0.717, 1.165) is 56.9 Å². The second kappa shape index (κ2) is 14.5. The second-order valence-electron chi connectivity index (χ2n) is 23.2. The Morgan fingerprint density at radius 3 is 2.13 bits per heavy atom. The number of ether oxygens (including phenoxy) is 1. The number of ketones is 1. The molecule has 5 fully saturated rings. The Bertz CT molecular complexity index is 1990. The number of nitrogens with one attached hydrogen (secondary N) is 2. The highest BCUT2D eigenvalue weighted by molar-refractivity contribution is 6.01. The number of aliphatic carboxylic acids is 1. The van der Waals surface area contributed by atoms with Gasteiger partial charge in [0.1, 0.15) is 12.4 Å². The number of esters is 1. The Morgan fingerprint density at radius 2 is 1.52 bits per heavy atom. The van der Waals surface area contributed by atoms with Crippen LogP contribution in [0.4, 0.5) is 0 Å². The summed E-state index contributed by atoms with van der Waals surface area (Å²) < 4.78 is 6.48. The number of hydrogen-bond donors (Lipinski definition) is 3. The van der Waals surface area contributed by atoms with Crippen molar-refractivity contribution in [1.29, 1.82) is 0 Å². The SMILES string of the molecule is CC(C)C1=C2C3CC[C@@H]4C5(C)CC[C@H](OC(=O)[C@H]6C[C@@H](C(=O)O)C6(C)C)C(C)(C)[C@]5(C)CCC4(C)[C@]3(C)CCC2(CC(=O)NCC(C)(C)NC(=O)c2cncnc2)CC1=O. The van der Waals surface area contributed by atoms with Crippen molar-refractivity contribution < 1.29 is 33.8 Å². The molecule has 3 N–H and O–H groups in total. The lowest BCUT2D eigenvalue weighted by Crippen LogP contribution is -2.69. The Labute approximate surface area is 357 Å². The molecule has 1 aromatic rings. The van der Waals surface area contributed by atoms with Crippen molar-refractivity contribution in [3.8, 4) is 0 Å². The summed E-state index contributed by atoms with van der Waals surface area (Å²) in [7, 11) is 0. The van der Waals surface area contributed by atoms with Crippen molar-refractivity contribution in [2.24, 2.45) is 67.5 Å². The van der Waals surface area contributed by atoms with Gasteiger partial charge in [-0.2, -0.15) is 0 Å². The average Bonchev–Trinajstić information content (AvgIpc) is 3.45. The van der Waals surface area contributed by atoms with Crippen LogP contribution in [0.2, 0.25) is 0 Å². The molecule has 6 aliphatic rings. The molecule has 0 aliphatic heterocycles. The molecule has 0 aromatic carbocycles. The second-order valence-corrected chi connectivity index (χ2v) is 23.2. The van der Waals surface area contributed by atoms with E-state index < -0.39 is 34.2 Å². The normalized spacial score (nSPS) is 39.0. The molecule has 2 amide bonds. The highest BCUT2D eigenvalue weighted by Crippen LogP contribution is 2.80. The molecule has 0 bridgehead atoms. The highest BCUT2D eigenvalue weighted by Gasteiger charge is 2.73. The van der Waals surface area contributed by atoms with Gasteiger partial charge in [0.25, 0.3) is 5.91 Å². The number of carbonyl (C=O) groups is 5. The van der Waals surface area contributed by atoms with Gasteiger partial charge in [0, 0.05) is 42.6 Å². The minimum absolute atomic E-state index is 0.00720. The van der Waals surface area contributed by atoms with Gasteiger partial charge >= 0.3 is 11.9 Å². The van der Waals surface area contributed by atoms with Gasteiger partial charge in [0.2, 0.25) is 5.91 Å². The summed E-state index contributed by atoms with van der Waals surface area (Å²) in [5.74, 6) is -1.54. The monoisotopic (exact) mass is 829 g/mol. The number of Topliss-reactive ketones (excluding diaryl/α,β-unsaturated/α-hetero) is 1. The van der Waals surface area contributed by atoms with Crippen molar-refractivity contribution in [1.82, 2.24) is 20.6 Å². The minimum Gasteiger partial charge on any atom is -0.481 e. The molecule has 1 aromatic heterocycles. The van der Waals surface area contributed by atoms with E-state index >= 15 is 0 Å². The van der Waals surface area contributed by atoms with Crippen molar-refractivity contribution in [3.63, 3.8) is 0 Å². The Balaban J connectivity index is 1.11. The van der Waals surface area contributed by atoms with Crippen LogP contribution < -0.4 is 10.6 Å². The fourth-order valence-corrected chi connectivity index (χ4v) is 14.8. The summed E-state index contributed by atoms with van der Waals surface area (Å²) in [5, 5.41) is 15.8. The van der Waals surface area contributed by atoms with Gasteiger partial charge in [0.15, 0.2) is 5.78 Å². The predicted octanol–water partition coefficient (Wildman–Crippen LogP) is 8.52. The largest absolute Gasteiger partial charge is 0.481 e. The number of allylic oxidation sites excluding steroid dienone is 2. The summed E-state index contributed by atoms with van der Waals surface area (Å²) in [6.45, 7) is 26.7. The lowest BCUT2D eigenvalue weighted by molar-refractivity contribution is -0.272. The van der Waals surface area contributed by atoms with Crippen LogP contribution in [0.3, 0.4) is 0 Å². The molecule has 60 heavy (non-hydrogen) atoms. The van der Waals surface area contributed by atoms with E-state index in [1.165, 1.54) is 24.3 Å². The average molecular weight is 829 g/mol. The van der Waals surface area contributed by atoms with Crippen molar-refractivity contribution >= 4 is 29.5 Å². The molecule has 1 heterocycles. The van der Waals surface area contributed by atoms with Gasteiger partial charge < -0.3 is 20.5 Å². The van der Waals surface area contributed by atoms with Gasteiger partial charge in [-0.3, -0.25) is 24.0 Å². The first-order chi connectivity index (χ1) is 27.7. The third-order valence-corrected chi connectivity index (χ3v) is 19.2. The van der Waals surface area contributed by atoms with Gasteiger partial charge in [-0.1, -0.05) is 74.8 Å². The maximum atomic E-state index is 14.2. The molecule has 0 saturated heterocycles. The number of carbonyl (C=O) groups excluding carboxylic acids is 4. The van der Waals surface area contributed by atoms with Gasteiger partial charge in [-0.15, -0.1) is 0 Å². The molecule has 330 valence electrons. The van der Waals surface area contributed by atoms with E-state index in [2.05, 4.69) is 76.0 Å². The summed E-state index contributed by atoms with van der Waals surface area (Å²) in [4.78, 5) is 74.6. The van der Waals surface area contributed by atoms with E-state index in [9.17, 15) is 29.1 Å². The van der Waals surface area contributed by atoms with Crippen LogP contribution in [-0.4, -0.2) is 62.8 Å². The number of amides is 2. The first-order valence-corrected chi connectivity index (χ1v) is 22.8. The minimum atomic E-state index is -0.844. The first-order valence-electron chi connectivity index (χ1n) is 22.8. The summed E-state index contributed by atoms with van der Waals surface area (Å²) in [6, 6.07) is 0. The van der Waals surface area contributed by atoms with Crippen LogP contribution in [0.5, 0.6) is 0 Å². The van der Waals surface area contributed by atoms with E-state index in [-0.39, 0.29) is 81.5 Å². The van der Waals surface area contributed by atoms with Crippen LogP contribution in [0.15, 0.2) is 29.9 Å². The lowest BCUT2D eigenvalue weighted by Gasteiger charge is -2.75. The van der Waals surface area contributed by atoms with Gasteiger partial charge in [-0.05, 0) is 122 Å². The zero-order valence-corrected chi connectivity index (χ0v) is 38.5. The van der Waals surface area contributed by atoms with Crippen molar-refractivity contribution in [2.45, 2.75) is 165 Å². The quantitative estimate of drug-likeness (QED) is 0.196. The van der Waals surface area contributed by atoms with Crippen LogP contribution >= 0.6 is 0 Å². The van der Waals surface area contributed by atoms with Gasteiger partial charge in [-0.25, -0.2) is 9.97 Å². The van der Waals surface area contributed by atoms with E-state index in [1.807, 2.05) is 27.7 Å². The van der Waals surface area contributed by atoms with Crippen LogP contribution in [0.1, 0.15) is 164 Å².